The molecule has 2 atom stereocenters. The van der Waals surface area contributed by atoms with Gasteiger partial charge in [-0.25, -0.2) is 0 Å². The third-order valence-corrected chi connectivity index (χ3v) is 4.38. The first-order valence-electron chi connectivity index (χ1n) is 6.40. The molecule has 0 aromatic rings. The van der Waals surface area contributed by atoms with Crippen LogP contribution in [0.4, 0.5) is 0 Å². The standard InChI is InChI=1S/C12H22N2O/c13-4-3-12-9-5-14(11-1-2-11)6-10(12)8-15-7-9/h9-12H,1-8,13H2. The van der Waals surface area contributed by atoms with E-state index in [4.69, 9.17) is 10.5 Å². The molecule has 2 saturated heterocycles. The van der Waals surface area contributed by atoms with E-state index < -0.39 is 0 Å². The lowest BCUT2D eigenvalue weighted by molar-refractivity contribution is -0.0865. The second-order valence-electron chi connectivity index (χ2n) is 5.48. The van der Waals surface area contributed by atoms with Gasteiger partial charge in [-0.15, -0.1) is 0 Å². The van der Waals surface area contributed by atoms with Crippen LogP contribution in [0.15, 0.2) is 0 Å². The molecule has 3 aliphatic rings. The maximum atomic E-state index is 5.71. The highest BCUT2D eigenvalue weighted by Crippen LogP contribution is 2.39. The van der Waals surface area contributed by atoms with Crippen molar-refractivity contribution >= 4 is 0 Å². The molecule has 15 heavy (non-hydrogen) atoms. The Bertz CT molecular complexity index is 216. The lowest BCUT2D eigenvalue weighted by Gasteiger charge is -2.47. The number of ether oxygens (including phenoxy) is 1. The first-order valence-corrected chi connectivity index (χ1v) is 6.40. The van der Waals surface area contributed by atoms with E-state index in [1.165, 1.54) is 32.4 Å². The lowest BCUT2D eigenvalue weighted by atomic mass is 9.74. The summed E-state index contributed by atoms with van der Waals surface area (Å²) in [4.78, 5) is 2.71. The molecule has 0 radical (unpaired) electrons. The van der Waals surface area contributed by atoms with Crippen molar-refractivity contribution in [3.8, 4) is 0 Å². The van der Waals surface area contributed by atoms with Crippen molar-refractivity contribution in [2.45, 2.75) is 25.3 Å². The first-order chi connectivity index (χ1) is 7.38. The van der Waals surface area contributed by atoms with Crippen LogP contribution in [-0.4, -0.2) is 43.8 Å². The SMILES string of the molecule is NCCC1C2COCC1CN(C1CC1)C2. The molecule has 2 N–H and O–H groups in total. The van der Waals surface area contributed by atoms with Gasteiger partial charge in [0.15, 0.2) is 0 Å². The van der Waals surface area contributed by atoms with Crippen molar-refractivity contribution in [2.75, 3.05) is 32.8 Å². The van der Waals surface area contributed by atoms with Crippen LogP contribution in [-0.2, 0) is 4.74 Å². The summed E-state index contributed by atoms with van der Waals surface area (Å²) in [5.41, 5.74) is 5.71. The van der Waals surface area contributed by atoms with Crippen molar-refractivity contribution in [1.82, 2.24) is 4.90 Å². The molecule has 0 aromatic heterocycles. The van der Waals surface area contributed by atoms with Gasteiger partial charge >= 0.3 is 0 Å². The lowest BCUT2D eigenvalue weighted by Crippen LogP contribution is -2.53. The fraction of sp³-hybridized carbons (Fsp3) is 1.00. The minimum atomic E-state index is 0.765. The van der Waals surface area contributed by atoms with Crippen LogP contribution in [0.5, 0.6) is 0 Å². The largest absolute Gasteiger partial charge is 0.381 e. The number of rotatable bonds is 3. The van der Waals surface area contributed by atoms with Gasteiger partial charge in [0, 0.05) is 19.1 Å². The van der Waals surface area contributed by atoms with Crippen LogP contribution in [0, 0.1) is 17.8 Å². The van der Waals surface area contributed by atoms with Crippen molar-refractivity contribution in [3.05, 3.63) is 0 Å². The van der Waals surface area contributed by atoms with Crippen molar-refractivity contribution < 1.29 is 4.74 Å². The summed E-state index contributed by atoms with van der Waals surface area (Å²) in [6.07, 6.45) is 4.07. The third-order valence-electron chi connectivity index (χ3n) is 4.38. The van der Waals surface area contributed by atoms with Crippen LogP contribution in [0.1, 0.15) is 19.3 Å². The van der Waals surface area contributed by atoms with Gasteiger partial charge in [0.05, 0.1) is 13.2 Å². The highest BCUT2D eigenvalue weighted by atomic mass is 16.5. The molecule has 2 aliphatic heterocycles. The quantitative estimate of drug-likeness (QED) is 0.745. The summed E-state index contributed by atoms with van der Waals surface area (Å²) in [6, 6.07) is 0.923. The van der Waals surface area contributed by atoms with Crippen LogP contribution < -0.4 is 5.73 Å². The number of nitrogens with zero attached hydrogens (tertiary/aromatic N) is 1. The predicted molar refractivity (Wildman–Crippen MR) is 59.6 cm³/mol. The minimum absolute atomic E-state index is 0.765. The summed E-state index contributed by atoms with van der Waals surface area (Å²) in [5, 5.41) is 0. The van der Waals surface area contributed by atoms with Crippen LogP contribution in [0.2, 0.25) is 0 Å². The van der Waals surface area contributed by atoms with Crippen molar-refractivity contribution in [2.24, 2.45) is 23.5 Å². The predicted octanol–water partition coefficient (Wildman–Crippen LogP) is 0.692. The summed E-state index contributed by atoms with van der Waals surface area (Å²) in [6.45, 7) is 5.34. The molecule has 2 heterocycles. The van der Waals surface area contributed by atoms with E-state index in [9.17, 15) is 0 Å². The minimum Gasteiger partial charge on any atom is -0.381 e. The van der Waals surface area contributed by atoms with E-state index in [0.717, 1.165) is 43.6 Å². The van der Waals surface area contributed by atoms with Crippen molar-refractivity contribution in [1.29, 1.82) is 0 Å². The van der Waals surface area contributed by atoms with Gasteiger partial charge in [-0.1, -0.05) is 0 Å². The Morgan fingerprint density at radius 1 is 1.13 bits per heavy atom. The first kappa shape index (κ1) is 10.1. The Morgan fingerprint density at radius 3 is 2.33 bits per heavy atom. The Balaban J connectivity index is 1.68. The van der Waals surface area contributed by atoms with E-state index in [-0.39, 0.29) is 0 Å². The monoisotopic (exact) mass is 210 g/mol. The second kappa shape index (κ2) is 4.04. The van der Waals surface area contributed by atoms with Crippen LogP contribution >= 0.6 is 0 Å². The number of fused-ring (bicyclic) bond motifs is 2. The maximum absolute atomic E-state index is 5.71. The molecule has 1 saturated carbocycles. The normalized spacial score (nSPS) is 41.8. The van der Waals surface area contributed by atoms with Crippen molar-refractivity contribution in [3.63, 3.8) is 0 Å². The molecule has 86 valence electrons. The smallest absolute Gasteiger partial charge is 0.0509 e. The molecule has 1 aliphatic carbocycles. The summed E-state index contributed by atoms with van der Waals surface area (Å²) < 4.78 is 5.69. The fourth-order valence-electron chi connectivity index (χ4n) is 3.46. The molecular formula is C12H22N2O. The zero-order chi connectivity index (χ0) is 10.3. The van der Waals surface area contributed by atoms with Gasteiger partial charge < -0.3 is 10.5 Å². The van der Waals surface area contributed by atoms with Gasteiger partial charge in [0.1, 0.15) is 0 Å². The highest BCUT2D eigenvalue weighted by Gasteiger charge is 2.43. The molecule has 3 heteroatoms. The Labute approximate surface area is 91.9 Å². The molecule has 2 bridgehead atoms. The number of nitrogens with two attached hydrogens (primary N) is 1. The van der Waals surface area contributed by atoms with Gasteiger partial charge in [-0.05, 0) is 43.6 Å². The number of likely N-dealkylation sites (tertiary alicyclic amines) is 1. The average molecular weight is 210 g/mol. The fourth-order valence-corrected chi connectivity index (χ4v) is 3.46. The Kier molecular flexibility index (Phi) is 2.71. The zero-order valence-electron chi connectivity index (χ0n) is 9.40. The van der Waals surface area contributed by atoms with Crippen LogP contribution in [0.25, 0.3) is 0 Å². The van der Waals surface area contributed by atoms with E-state index in [2.05, 4.69) is 4.90 Å². The molecule has 3 rings (SSSR count). The van der Waals surface area contributed by atoms with Gasteiger partial charge in [-0.2, -0.15) is 0 Å². The van der Waals surface area contributed by atoms with E-state index >= 15 is 0 Å². The number of hydrogen-bond acceptors (Lipinski definition) is 3. The number of hydrogen-bond donors (Lipinski definition) is 1. The molecule has 0 aromatic carbocycles. The zero-order valence-corrected chi connectivity index (χ0v) is 9.40. The molecule has 2 unspecified atom stereocenters. The van der Waals surface area contributed by atoms with Crippen LogP contribution in [0.3, 0.4) is 0 Å². The Hall–Kier alpha value is -0.120. The average Bonchev–Trinajstić information content (AvgIpc) is 3.01. The van der Waals surface area contributed by atoms with E-state index in [1.807, 2.05) is 0 Å². The highest BCUT2D eigenvalue weighted by molar-refractivity contribution is 4.95. The summed E-state index contributed by atoms with van der Waals surface area (Å²) in [7, 11) is 0. The maximum Gasteiger partial charge on any atom is 0.0509 e. The molecular weight excluding hydrogens is 188 g/mol. The second-order valence-corrected chi connectivity index (χ2v) is 5.48. The summed E-state index contributed by atoms with van der Waals surface area (Å²) in [5.74, 6) is 2.38. The molecule has 3 fully saturated rings. The topological polar surface area (TPSA) is 38.5 Å². The van der Waals surface area contributed by atoms with Gasteiger partial charge in [0.2, 0.25) is 0 Å². The summed E-state index contributed by atoms with van der Waals surface area (Å²) >= 11 is 0. The Morgan fingerprint density at radius 2 is 1.80 bits per heavy atom. The molecule has 0 spiro atoms. The van der Waals surface area contributed by atoms with E-state index in [1.54, 1.807) is 0 Å². The molecule has 0 amide bonds. The van der Waals surface area contributed by atoms with Gasteiger partial charge in [-0.3, -0.25) is 4.90 Å². The van der Waals surface area contributed by atoms with E-state index in [0.29, 0.717) is 0 Å². The number of piperidine rings is 1. The third kappa shape index (κ3) is 1.93. The van der Waals surface area contributed by atoms with Gasteiger partial charge in [0.25, 0.3) is 0 Å². The molecule has 3 nitrogen and oxygen atoms in total.